The zero-order valence-corrected chi connectivity index (χ0v) is 12.4. The molecule has 0 bridgehead atoms. The molecule has 2 fully saturated rings. The maximum Gasteiger partial charge on any atom is 0.246 e. The molecule has 4 nitrogen and oxygen atoms in total. The lowest BCUT2D eigenvalue weighted by Gasteiger charge is -2.44. The van der Waals surface area contributed by atoms with Gasteiger partial charge < -0.3 is 10.2 Å². The summed E-state index contributed by atoms with van der Waals surface area (Å²) in [5.41, 5.74) is 1.10. The van der Waals surface area contributed by atoms with Gasteiger partial charge in [-0.2, -0.15) is 0 Å². The summed E-state index contributed by atoms with van der Waals surface area (Å²) in [5, 5.41) is 2.90. The van der Waals surface area contributed by atoms with Crippen LogP contribution in [0.1, 0.15) is 33.6 Å². The molecule has 106 valence electrons. The number of carbonyl (C=O) groups excluding carboxylic acids is 2. The first kappa shape index (κ1) is 14.4. The quantitative estimate of drug-likeness (QED) is 0.860. The van der Waals surface area contributed by atoms with Crippen LogP contribution >= 0.6 is 11.6 Å². The van der Waals surface area contributed by atoms with E-state index in [2.05, 4.69) is 5.32 Å². The van der Waals surface area contributed by atoms with Gasteiger partial charge in [0.05, 0.1) is 0 Å². The highest BCUT2D eigenvalue weighted by molar-refractivity contribution is 6.25. The van der Waals surface area contributed by atoms with Gasteiger partial charge in [-0.3, -0.25) is 9.59 Å². The Morgan fingerprint density at radius 2 is 2.00 bits per heavy atom. The smallest absolute Gasteiger partial charge is 0.246 e. The summed E-state index contributed by atoms with van der Waals surface area (Å²) < 4.78 is 0. The molecule has 2 amide bonds. The van der Waals surface area contributed by atoms with Crippen LogP contribution in [0.5, 0.6) is 0 Å². The van der Waals surface area contributed by atoms with Crippen molar-refractivity contribution in [3.05, 3.63) is 11.6 Å². The number of hydrogen-bond donors (Lipinski definition) is 1. The van der Waals surface area contributed by atoms with Gasteiger partial charge in [0.25, 0.3) is 0 Å². The van der Waals surface area contributed by atoms with Crippen molar-refractivity contribution in [2.45, 2.75) is 45.7 Å². The number of amides is 2. The van der Waals surface area contributed by atoms with Crippen LogP contribution in [0.3, 0.4) is 0 Å². The van der Waals surface area contributed by atoms with Crippen LogP contribution in [0.15, 0.2) is 11.6 Å². The minimum atomic E-state index is -0.442. The number of piperazine rings is 1. The largest absolute Gasteiger partial charge is 0.342 e. The Morgan fingerprint density at radius 1 is 1.37 bits per heavy atom. The first-order valence-corrected chi connectivity index (χ1v) is 7.16. The van der Waals surface area contributed by atoms with E-state index in [-0.39, 0.29) is 23.3 Å². The molecule has 1 aliphatic carbocycles. The van der Waals surface area contributed by atoms with Crippen molar-refractivity contribution >= 4 is 23.4 Å². The Bertz CT molecular complexity index is 410. The molecule has 5 heteroatoms. The summed E-state index contributed by atoms with van der Waals surface area (Å²) in [4.78, 5) is 26.6. The Labute approximate surface area is 119 Å². The summed E-state index contributed by atoms with van der Waals surface area (Å²) in [6.45, 7) is 6.30. The molecule has 2 unspecified atom stereocenters. The zero-order chi connectivity index (χ0) is 14.2. The number of halogens is 1. The summed E-state index contributed by atoms with van der Waals surface area (Å²) in [6.07, 6.45) is 3.76. The zero-order valence-electron chi connectivity index (χ0n) is 11.6. The van der Waals surface area contributed by atoms with Crippen LogP contribution in [-0.2, 0) is 9.59 Å². The van der Waals surface area contributed by atoms with Gasteiger partial charge in [0.2, 0.25) is 11.8 Å². The Balaban J connectivity index is 2.26. The topological polar surface area (TPSA) is 49.4 Å². The second-order valence-electron chi connectivity index (χ2n) is 6.44. The Kier molecular flexibility index (Phi) is 3.90. The van der Waals surface area contributed by atoms with Crippen molar-refractivity contribution in [2.24, 2.45) is 11.3 Å². The molecule has 0 aromatic heterocycles. The van der Waals surface area contributed by atoms with Crippen LogP contribution < -0.4 is 5.32 Å². The second kappa shape index (κ2) is 5.16. The van der Waals surface area contributed by atoms with Gasteiger partial charge >= 0.3 is 0 Å². The molecule has 2 atom stereocenters. The number of nitrogens with one attached hydrogen (secondary N) is 1. The molecule has 2 rings (SSSR count). The van der Waals surface area contributed by atoms with Gasteiger partial charge in [0.1, 0.15) is 12.1 Å². The minimum absolute atomic E-state index is 0.0248. The molecule has 0 aromatic carbocycles. The highest BCUT2D eigenvalue weighted by atomic mass is 35.5. The van der Waals surface area contributed by atoms with E-state index in [1.807, 2.05) is 20.8 Å². The van der Waals surface area contributed by atoms with Crippen LogP contribution in [0, 0.1) is 11.3 Å². The van der Waals surface area contributed by atoms with Crippen LogP contribution in [0.2, 0.25) is 0 Å². The van der Waals surface area contributed by atoms with Crippen molar-refractivity contribution in [1.82, 2.24) is 10.2 Å². The first-order valence-electron chi connectivity index (χ1n) is 6.72. The molecule has 1 heterocycles. The van der Waals surface area contributed by atoms with Gasteiger partial charge in [-0.15, -0.1) is 0 Å². The highest BCUT2D eigenvalue weighted by Crippen LogP contribution is 2.37. The lowest BCUT2D eigenvalue weighted by Crippen LogP contribution is -2.67. The summed E-state index contributed by atoms with van der Waals surface area (Å²) in [6, 6.07) is -0.780. The van der Waals surface area contributed by atoms with E-state index in [1.165, 1.54) is 5.54 Å². The SMILES string of the molecule is CC(C)(C)C1C(=O)NC(C2CC2)C(=O)N1C/C=C/Cl. The monoisotopic (exact) mass is 284 g/mol. The fraction of sp³-hybridized carbons (Fsp3) is 0.714. The predicted molar refractivity (Wildman–Crippen MR) is 74.6 cm³/mol. The third-order valence-corrected chi connectivity index (χ3v) is 3.89. The molecular formula is C14H21ClN2O2. The number of rotatable bonds is 3. The van der Waals surface area contributed by atoms with Crippen LogP contribution in [0.25, 0.3) is 0 Å². The minimum Gasteiger partial charge on any atom is -0.342 e. The fourth-order valence-electron chi connectivity index (χ4n) is 2.70. The summed E-state index contributed by atoms with van der Waals surface area (Å²) >= 11 is 5.56. The van der Waals surface area contributed by atoms with Crippen molar-refractivity contribution < 1.29 is 9.59 Å². The number of carbonyl (C=O) groups is 2. The first-order chi connectivity index (χ1) is 8.86. The highest BCUT2D eigenvalue weighted by Gasteiger charge is 2.49. The maximum atomic E-state index is 12.5. The molecule has 1 aliphatic heterocycles. The summed E-state index contributed by atoms with van der Waals surface area (Å²) in [7, 11) is 0. The fourth-order valence-corrected chi connectivity index (χ4v) is 2.78. The number of nitrogens with zero attached hydrogens (tertiary/aromatic N) is 1. The van der Waals surface area contributed by atoms with E-state index in [4.69, 9.17) is 11.6 Å². The normalized spacial score (nSPS) is 28.9. The van der Waals surface area contributed by atoms with Crippen LogP contribution in [0.4, 0.5) is 0 Å². The molecule has 19 heavy (non-hydrogen) atoms. The molecule has 0 radical (unpaired) electrons. The van der Waals surface area contributed by atoms with Gasteiger partial charge in [0.15, 0.2) is 0 Å². The Morgan fingerprint density at radius 3 is 2.47 bits per heavy atom. The molecule has 0 spiro atoms. The molecule has 1 saturated carbocycles. The third kappa shape index (κ3) is 2.94. The van der Waals surface area contributed by atoms with Crippen LogP contribution in [-0.4, -0.2) is 35.3 Å². The summed E-state index contributed by atoms with van der Waals surface area (Å²) in [5.74, 6) is 0.295. The van der Waals surface area contributed by atoms with E-state index >= 15 is 0 Å². The average Bonchev–Trinajstić information content (AvgIpc) is 3.11. The standard InChI is InChI=1S/C14H21ClN2O2/c1-14(2,3)11-12(18)16-10(9-5-6-9)13(19)17(11)8-4-7-15/h4,7,9-11H,5-6,8H2,1-3H3,(H,16,18)/b7-4+. The lowest BCUT2D eigenvalue weighted by molar-refractivity contribution is -0.153. The van der Waals surface area contributed by atoms with Crippen molar-refractivity contribution in [1.29, 1.82) is 0 Å². The van der Waals surface area contributed by atoms with Gasteiger partial charge in [0, 0.05) is 12.1 Å². The van der Waals surface area contributed by atoms with E-state index < -0.39 is 6.04 Å². The molecule has 0 aromatic rings. The van der Waals surface area contributed by atoms with E-state index in [1.54, 1.807) is 11.0 Å². The Hall–Kier alpha value is -1.03. The molecule has 1 saturated heterocycles. The molecule has 2 aliphatic rings. The van der Waals surface area contributed by atoms with E-state index in [0.717, 1.165) is 12.8 Å². The lowest BCUT2D eigenvalue weighted by atomic mass is 9.82. The molecular weight excluding hydrogens is 264 g/mol. The van der Waals surface area contributed by atoms with Crippen molar-refractivity contribution in [3.63, 3.8) is 0 Å². The van der Waals surface area contributed by atoms with Crippen molar-refractivity contribution in [2.75, 3.05) is 6.54 Å². The van der Waals surface area contributed by atoms with Gasteiger partial charge in [-0.1, -0.05) is 38.4 Å². The van der Waals surface area contributed by atoms with Crippen molar-refractivity contribution in [3.8, 4) is 0 Å². The predicted octanol–water partition coefficient (Wildman–Crippen LogP) is 1.89. The molecule has 1 N–H and O–H groups in total. The van der Waals surface area contributed by atoms with E-state index in [0.29, 0.717) is 12.5 Å². The van der Waals surface area contributed by atoms with Gasteiger partial charge in [-0.25, -0.2) is 0 Å². The number of hydrogen-bond acceptors (Lipinski definition) is 2. The van der Waals surface area contributed by atoms with Gasteiger partial charge in [-0.05, 0) is 24.2 Å². The third-order valence-electron chi connectivity index (χ3n) is 3.71. The maximum absolute atomic E-state index is 12.5. The average molecular weight is 285 g/mol. The second-order valence-corrected chi connectivity index (χ2v) is 6.70. The van der Waals surface area contributed by atoms with E-state index in [9.17, 15) is 9.59 Å².